The summed E-state index contributed by atoms with van der Waals surface area (Å²) in [6.45, 7) is 4.64. The number of allylic oxidation sites excluding steroid dienone is 24. The van der Waals surface area contributed by atoms with Gasteiger partial charge in [0, 0.05) is 12.8 Å². The number of nitrogens with zero attached hydrogens (tertiary/aromatic N) is 1. The number of ether oxygens (including phenoxy) is 4. The molecule has 0 bridgehead atoms. The van der Waals surface area contributed by atoms with Gasteiger partial charge in [0.2, 0.25) is 0 Å². The first-order valence-corrected chi connectivity index (χ1v) is 43.0. The van der Waals surface area contributed by atoms with Gasteiger partial charge in [-0.05, 0) is 122 Å². The Morgan fingerprint density at radius 3 is 0.825 bits per heavy atom. The molecule has 0 saturated carbocycles. The summed E-state index contributed by atoms with van der Waals surface area (Å²) in [5.74, 6) is -2.28. The molecule has 0 aromatic rings. The average Bonchev–Trinajstić information content (AvgIpc) is 1.16. The van der Waals surface area contributed by atoms with Crippen LogP contribution in [-0.2, 0) is 33.3 Å². The van der Waals surface area contributed by atoms with E-state index in [9.17, 15) is 19.5 Å². The molecule has 0 aromatic carbocycles. The molecule has 2 atom stereocenters. The molecule has 0 aliphatic heterocycles. The van der Waals surface area contributed by atoms with E-state index in [0.29, 0.717) is 17.4 Å². The summed E-state index contributed by atoms with van der Waals surface area (Å²) in [5.41, 5.74) is 0. The van der Waals surface area contributed by atoms with Crippen molar-refractivity contribution in [1.82, 2.24) is 0 Å². The Morgan fingerprint density at radius 1 is 0.301 bits per heavy atom. The molecule has 9 heteroatoms. The third kappa shape index (κ3) is 84.3. The molecule has 0 heterocycles. The second-order valence-corrected chi connectivity index (χ2v) is 29.7. The second kappa shape index (κ2) is 82.8. The number of carboxylic acids is 1. The maximum Gasteiger partial charge on any atom is 0.306 e. The normalized spacial score (nSPS) is 13.4. The molecule has 0 aromatic heterocycles. The van der Waals surface area contributed by atoms with Gasteiger partial charge in [-0.1, -0.05) is 384 Å². The van der Waals surface area contributed by atoms with Crippen LogP contribution in [-0.4, -0.2) is 82.3 Å². The van der Waals surface area contributed by atoms with Gasteiger partial charge in [-0.25, -0.2) is 0 Å². The molecule has 0 aliphatic rings. The van der Waals surface area contributed by atoms with Crippen LogP contribution >= 0.6 is 0 Å². The van der Waals surface area contributed by atoms with E-state index in [-0.39, 0.29) is 38.6 Å². The van der Waals surface area contributed by atoms with Crippen LogP contribution in [0.2, 0.25) is 0 Å². The largest absolute Gasteiger partial charge is 0.545 e. The zero-order valence-corrected chi connectivity index (χ0v) is 67.7. The lowest BCUT2D eigenvalue weighted by Crippen LogP contribution is -2.44. The molecule has 590 valence electrons. The van der Waals surface area contributed by atoms with Crippen molar-refractivity contribution < 1.29 is 42.9 Å². The van der Waals surface area contributed by atoms with Crippen LogP contribution in [0.3, 0.4) is 0 Å². The van der Waals surface area contributed by atoms with Gasteiger partial charge in [0.05, 0.1) is 40.3 Å². The number of quaternary nitrogens is 1. The Bertz CT molecular complexity index is 2220. The highest BCUT2D eigenvalue weighted by Gasteiger charge is 2.22. The lowest BCUT2D eigenvalue weighted by Gasteiger charge is -2.26. The van der Waals surface area contributed by atoms with Crippen LogP contribution in [0.4, 0.5) is 0 Å². The monoisotopic (exact) mass is 1430 g/mol. The van der Waals surface area contributed by atoms with Crippen molar-refractivity contribution in [1.29, 1.82) is 0 Å². The maximum absolute atomic E-state index is 13.0. The van der Waals surface area contributed by atoms with E-state index < -0.39 is 24.3 Å². The number of carbonyl (C=O) groups is 3. The third-order valence-electron chi connectivity index (χ3n) is 18.6. The number of likely N-dealkylation sites (N-methyl/N-ethyl adjacent to an activating group) is 1. The van der Waals surface area contributed by atoms with Gasteiger partial charge in [0.25, 0.3) is 0 Å². The topological polar surface area (TPSA) is 111 Å². The number of aliphatic carboxylic acids is 1. The highest BCUT2D eigenvalue weighted by atomic mass is 16.7. The number of carbonyl (C=O) groups excluding carboxylic acids is 3. The summed E-state index contributed by atoms with van der Waals surface area (Å²) in [7, 11) is 5.94. The van der Waals surface area contributed by atoms with E-state index in [1.807, 2.05) is 21.1 Å². The molecular weight excluding hydrogens is 1270 g/mol. The van der Waals surface area contributed by atoms with E-state index in [4.69, 9.17) is 18.9 Å². The lowest BCUT2D eigenvalue weighted by molar-refractivity contribution is -0.870. The minimum Gasteiger partial charge on any atom is -0.545 e. The predicted molar refractivity (Wildman–Crippen MR) is 444 cm³/mol. The zero-order valence-electron chi connectivity index (χ0n) is 67.7. The minimum absolute atomic E-state index is 0.142. The molecule has 0 amide bonds. The van der Waals surface area contributed by atoms with Crippen molar-refractivity contribution >= 4 is 17.9 Å². The van der Waals surface area contributed by atoms with Crippen LogP contribution in [0.25, 0.3) is 0 Å². The van der Waals surface area contributed by atoms with E-state index in [1.54, 1.807) is 0 Å². The highest BCUT2D eigenvalue weighted by molar-refractivity contribution is 5.70. The summed E-state index contributed by atoms with van der Waals surface area (Å²) in [5, 5.41) is 11.9. The zero-order chi connectivity index (χ0) is 74.6. The summed E-state index contributed by atoms with van der Waals surface area (Å²) in [6.07, 6.45) is 118. The van der Waals surface area contributed by atoms with Crippen molar-refractivity contribution in [2.75, 3.05) is 47.5 Å². The van der Waals surface area contributed by atoms with Crippen molar-refractivity contribution in [2.45, 2.75) is 386 Å². The Kier molecular flexibility index (Phi) is 78.9. The van der Waals surface area contributed by atoms with Gasteiger partial charge < -0.3 is 33.3 Å². The Hall–Kier alpha value is -4.83. The molecule has 103 heavy (non-hydrogen) atoms. The minimum atomic E-state index is -1.63. The number of carboxylic acid groups (broad SMARTS) is 1. The van der Waals surface area contributed by atoms with E-state index in [2.05, 4.69) is 160 Å². The summed E-state index contributed by atoms with van der Waals surface area (Å²) >= 11 is 0. The highest BCUT2D eigenvalue weighted by Crippen LogP contribution is 2.19. The summed E-state index contributed by atoms with van der Waals surface area (Å²) in [6, 6.07) is 0. The molecule has 9 nitrogen and oxygen atoms in total. The number of hydrogen-bond donors (Lipinski definition) is 0. The second-order valence-electron chi connectivity index (χ2n) is 29.7. The smallest absolute Gasteiger partial charge is 0.306 e. The molecule has 2 unspecified atom stereocenters. The van der Waals surface area contributed by atoms with Gasteiger partial charge in [0.1, 0.15) is 13.2 Å². The molecule has 0 N–H and O–H groups in total. The predicted octanol–water partition coefficient (Wildman–Crippen LogP) is 26.8. The average molecular weight is 1430 g/mol. The quantitative estimate of drug-likeness (QED) is 0.0195. The van der Waals surface area contributed by atoms with E-state index in [0.717, 1.165) is 116 Å². The Labute approximate surface area is 636 Å². The van der Waals surface area contributed by atoms with Gasteiger partial charge in [-0.15, -0.1) is 0 Å². The molecule has 0 aliphatic carbocycles. The van der Waals surface area contributed by atoms with Crippen LogP contribution in [0.15, 0.2) is 146 Å². The molecule has 0 rings (SSSR count). The van der Waals surface area contributed by atoms with Crippen molar-refractivity contribution in [2.24, 2.45) is 0 Å². The fourth-order valence-corrected chi connectivity index (χ4v) is 12.1. The first kappa shape index (κ1) is 98.2. The van der Waals surface area contributed by atoms with E-state index >= 15 is 0 Å². The van der Waals surface area contributed by atoms with Crippen molar-refractivity contribution in [3.63, 3.8) is 0 Å². The van der Waals surface area contributed by atoms with Gasteiger partial charge in [-0.3, -0.25) is 9.59 Å². The molecule has 0 radical (unpaired) electrons. The fourth-order valence-electron chi connectivity index (χ4n) is 12.1. The first-order chi connectivity index (χ1) is 50.6. The lowest BCUT2D eigenvalue weighted by atomic mass is 10.0. The van der Waals surface area contributed by atoms with Crippen LogP contribution in [0.1, 0.15) is 373 Å². The summed E-state index contributed by atoms with van der Waals surface area (Å²) in [4.78, 5) is 37.7. The standard InChI is InChI=1S/C94H161NO8/c1-6-8-10-12-14-16-18-20-22-24-26-28-30-32-34-36-38-40-42-44-45-46-47-49-50-52-54-56-58-60-62-64-66-68-70-72-74-76-78-80-82-84-91(96)101-88-90(89-102-94(93(98)99)100-87-86-95(3,4)5)103-92(97)85-83-81-79-77-75-73-71-69-67-65-63-61-59-57-55-53-51-48-43-41-39-37-35-33-31-29-27-25-23-21-19-17-15-13-11-9-7-2/h9,11,15,17-18,20-21,23-24,26-27,29-30,32-33,35,39,41,48,51,55,57,61,63,90,94H,6-8,10,12-14,16,19,22,25,28,31,34,36-38,40,42-47,49-50,52-54,56,58-60,62,64-89H2,1-5H3/b11-9-,17-15-,20-18-,23-21-,26-24-,29-27-,32-30-,35-33-,41-39-,51-48-,57-55-,63-61-. The van der Waals surface area contributed by atoms with Gasteiger partial charge in [-0.2, -0.15) is 0 Å². The first-order valence-electron chi connectivity index (χ1n) is 43.0. The Balaban J connectivity index is 4.01. The van der Waals surface area contributed by atoms with Crippen LogP contribution in [0.5, 0.6) is 0 Å². The number of esters is 2. The number of unbranched alkanes of at least 4 members (excludes halogenated alkanes) is 40. The number of hydrogen-bond acceptors (Lipinski definition) is 8. The Morgan fingerprint density at radius 2 is 0.553 bits per heavy atom. The molecular formula is C94H161NO8. The SMILES string of the molecule is CC/C=C\C/C=C\C/C=C\C/C=C\C/C=C\C/C=C\C/C=C\C/C=C\C/C=C\CCCCCCCCCCCC(=O)OC(COC(=O)CCCCCCCCCCCCCCCCCCCCCCCCCCCC/C=C\C/C=C\C/C=C\CCCCCCC)COC(OCC[N+](C)(C)C)C(=O)[O-]. The van der Waals surface area contributed by atoms with Crippen LogP contribution in [0, 0.1) is 0 Å². The number of rotatable bonds is 79. The fraction of sp³-hybridized carbons (Fsp3) is 0.713. The van der Waals surface area contributed by atoms with Crippen molar-refractivity contribution in [3.05, 3.63) is 146 Å². The van der Waals surface area contributed by atoms with Gasteiger partial charge in [0.15, 0.2) is 12.4 Å². The third-order valence-corrected chi connectivity index (χ3v) is 18.6. The maximum atomic E-state index is 13.0. The van der Waals surface area contributed by atoms with Crippen LogP contribution < -0.4 is 5.11 Å². The molecule has 0 saturated heterocycles. The van der Waals surface area contributed by atoms with Crippen molar-refractivity contribution in [3.8, 4) is 0 Å². The molecule has 0 spiro atoms. The molecule has 0 fully saturated rings. The summed E-state index contributed by atoms with van der Waals surface area (Å²) < 4.78 is 22.9. The van der Waals surface area contributed by atoms with E-state index in [1.165, 1.54) is 225 Å². The van der Waals surface area contributed by atoms with Gasteiger partial charge >= 0.3 is 11.9 Å².